The fourth-order valence-electron chi connectivity index (χ4n) is 0.800. The SMILES string of the molecule is NCCCC(O)(P(=O)(O)O)P(=O)(O)O.O.O. The highest BCUT2D eigenvalue weighted by molar-refractivity contribution is 7.72. The third-order valence-electron chi connectivity index (χ3n) is 1.65. The average molecular weight is 285 g/mol. The minimum atomic E-state index is -5.30. The zero-order valence-electron chi connectivity index (χ0n) is 8.15. The van der Waals surface area contributed by atoms with Gasteiger partial charge in [0.1, 0.15) is 0 Å². The third-order valence-corrected chi connectivity index (χ3v) is 5.53. The van der Waals surface area contributed by atoms with E-state index in [0.29, 0.717) is 0 Å². The number of hydrogen-bond acceptors (Lipinski definition) is 4. The van der Waals surface area contributed by atoms with Crippen molar-refractivity contribution in [3.8, 4) is 0 Å². The fourth-order valence-corrected chi connectivity index (χ4v) is 3.06. The molecule has 16 heavy (non-hydrogen) atoms. The van der Waals surface area contributed by atoms with Crippen molar-refractivity contribution in [2.45, 2.75) is 17.9 Å². The van der Waals surface area contributed by atoms with E-state index in [-0.39, 0.29) is 23.9 Å². The number of hydrogen-bond donors (Lipinski definition) is 6. The molecule has 12 heteroatoms. The molecule has 0 saturated heterocycles. The van der Waals surface area contributed by atoms with Crippen molar-refractivity contribution in [2.24, 2.45) is 5.73 Å². The minimum absolute atomic E-state index is 0. The Balaban J connectivity index is -0.000000845. The van der Waals surface area contributed by atoms with Gasteiger partial charge in [-0.1, -0.05) is 0 Å². The van der Waals surface area contributed by atoms with Gasteiger partial charge in [0.25, 0.3) is 5.08 Å². The van der Waals surface area contributed by atoms with E-state index < -0.39 is 26.7 Å². The number of aliphatic hydroxyl groups is 1. The molecule has 0 rings (SSSR count). The van der Waals surface area contributed by atoms with E-state index in [1.54, 1.807) is 0 Å². The van der Waals surface area contributed by atoms with Crippen LogP contribution in [0.15, 0.2) is 0 Å². The lowest BCUT2D eigenvalue weighted by Gasteiger charge is -2.28. The van der Waals surface area contributed by atoms with Gasteiger partial charge in [-0.05, 0) is 13.0 Å². The molecule has 0 aliphatic heterocycles. The van der Waals surface area contributed by atoms with Gasteiger partial charge in [-0.15, -0.1) is 0 Å². The molecule has 0 radical (unpaired) electrons. The molecule has 0 aliphatic carbocycles. The van der Waals surface area contributed by atoms with Crippen molar-refractivity contribution < 1.29 is 44.8 Å². The van der Waals surface area contributed by atoms with E-state index in [9.17, 15) is 14.2 Å². The predicted molar refractivity (Wildman–Crippen MR) is 54.6 cm³/mol. The summed E-state index contributed by atoms with van der Waals surface area (Å²) in [5.74, 6) is 0. The summed E-state index contributed by atoms with van der Waals surface area (Å²) in [5, 5.41) is 5.91. The van der Waals surface area contributed by atoms with E-state index in [0.717, 1.165) is 0 Å². The van der Waals surface area contributed by atoms with Crippen molar-refractivity contribution in [1.29, 1.82) is 0 Å². The van der Waals surface area contributed by atoms with Crippen molar-refractivity contribution in [2.75, 3.05) is 6.54 Å². The fraction of sp³-hybridized carbons (Fsp3) is 1.00. The summed E-state index contributed by atoms with van der Waals surface area (Å²) in [4.78, 5) is 34.5. The normalized spacial score (nSPS) is 12.6. The van der Waals surface area contributed by atoms with Gasteiger partial charge in [-0.3, -0.25) is 9.13 Å². The summed E-state index contributed by atoms with van der Waals surface area (Å²) in [5.41, 5.74) is 5.01. The minimum Gasteiger partial charge on any atom is -0.412 e. The van der Waals surface area contributed by atoms with Crippen molar-refractivity contribution in [3.63, 3.8) is 0 Å². The molecule has 10 nitrogen and oxygen atoms in total. The molecule has 11 N–H and O–H groups in total. The molecule has 0 aromatic heterocycles. The average Bonchev–Trinajstić information content (AvgIpc) is 1.95. The number of rotatable bonds is 5. The smallest absolute Gasteiger partial charge is 0.369 e. The molecule has 0 saturated carbocycles. The summed E-state index contributed by atoms with van der Waals surface area (Å²) < 4.78 is 21.4. The van der Waals surface area contributed by atoms with Gasteiger partial charge in [0.2, 0.25) is 0 Å². The zero-order chi connectivity index (χ0) is 11.6. The first-order valence-electron chi connectivity index (χ1n) is 3.60. The van der Waals surface area contributed by atoms with Crippen LogP contribution in [0, 0.1) is 0 Å². The topological polar surface area (TPSA) is 224 Å². The molecular formula is C4H17NO9P2. The van der Waals surface area contributed by atoms with Crippen LogP contribution >= 0.6 is 15.2 Å². The van der Waals surface area contributed by atoms with Crippen molar-refractivity contribution >= 4 is 15.2 Å². The van der Waals surface area contributed by atoms with Crippen LogP contribution in [-0.2, 0) is 9.13 Å². The molecule has 0 amide bonds. The Bertz CT molecular complexity index is 259. The molecule has 0 heterocycles. The van der Waals surface area contributed by atoms with E-state index in [4.69, 9.17) is 25.3 Å². The van der Waals surface area contributed by atoms with Crippen LogP contribution in [-0.4, -0.2) is 47.3 Å². The molecule has 0 atom stereocenters. The summed E-state index contributed by atoms with van der Waals surface area (Å²) >= 11 is 0. The van der Waals surface area contributed by atoms with E-state index in [2.05, 4.69) is 0 Å². The van der Waals surface area contributed by atoms with E-state index in [1.165, 1.54) is 0 Å². The second-order valence-corrected chi connectivity index (χ2v) is 6.76. The Morgan fingerprint density at radius 2 is 1.31 bits per heavy atom. The largest absolute Gasteiger partial charge is 0.412 e. The molecule has 102 valence electrons. The molecule has 0 aromatic rings. The molecule has 0 spiro atoms. The molecule has 0 aliphatic rings. The van der Waals surface area contributed by atoms with Crippen molar-refractivity contribution in [3.05, 3.63) is 0 Å². The lowest BCUT2D eigenvalue weighted by Crippen LogP contribution is -2.29. The Morgan fingerprint density at radius 3 is 1.50 bits per heavy atom. The Kier molecular flexibility index (Phi) is 9.07. The second kappa shape index (κ2) is 6.77. The zero-order valence-corrected chi connectivity index (χ0v) is 9.93. The molecule has 0 fully saturated rings. The summed E-state index contributed by atoms with van der Waals surface area (Å²) in [6.07, 6.45) is -0.856. The van der Waals surface area contributed by atoms with Crippen LogP contribution in [0.4, 0.5) is 0 Å². The maximum absolute atomic E-state index is 10.7. The first-order chi connectivity index (χ1) is 6.06. The first-order valence-corrected chi connectivity index (χ1v) is 6.82. The maximum atomic E-state index is 10.7. The molecular weight excluding hydrogens is 268 g/mol. The summed E-state index contributed by atoms with van der Waals surface area (Å²) in [7, 11) is -10.6. The Labute approximate surface area is 91.0 Å². The monoisotopic (exact) mass is 285 g/mol. The molecule has 0 unspecified atom stereocenters. The highest BCUT2D eigenvalue weighted by Gasteiger charge is 2.58. The van der Waals surface area contributed by atoms with Gasteiger partial charge in [-0.2, -0.15) is 0 Å². The van der Waals surface area contributed by atoms with Crippen LogP contribution < -0.4 is 5.73 Å². The van der Waals surface area contributed by atoms with Crippen LogP contribution in [0.2, 0.25) is 0 Å². The Morgan fingerprint density at radius 1 is 1.00 bits per heavy atom. The van der Waals surface area contributed by atoms with Gasteiger partial charge < -0.3 is 41.4 Å². The summed E-state index contributed by atoms with van der Waals surface area (Å²) in [6, 6.07) is 0. The lowest BCUT2D eigenvalue weighted by molar-refractivity contribution is 0.121. The van der Waals surface area contributed by atoms with Gasteiger partial charge in [0.15, 0.2) is 0 Å². The van der Waals surface area contributed by atoms with Gasteiger partial charge in [-0.25, -0.2) is 0 Å². The highest BCUT2D eigenvalue weighted by Crippen LogP contribution is 2.69. The molecule has 0 aromatic carbocycles. The first kappa shape index (κ1) is 21.4. The van der Waals surface area contributed by atoms with E-state index in [1.807, 2.05) is 0 Å². The Hall–Kier alpha value is 0.140. The predicted octanol–water partition coefficient (Wildman–Crippen LogP) is -2.92. The highest BCUT2D eigenvalue weighted by atomic mass is 31.2. The number of nitrogens with two attached hydrogens (primary N) is 1. The van der Waals surface area contributed by atoms with Gasteiger partial charge in [0.05, 0.1) is 0 Å². The van der Waals surface area contributed by atoms with E-state index >= 15 is 0 Å². The molecule has 0 bridgehead atoms. The van der Waals surface area contributed by atoms with Crippen LogP contribution in [0.1, 0.15) is 12.8 Å². The van der Waals surface area contributed by atoms with Crippen LogP contribution in [0.3, 0.4) is 0 Å². The van der Waals surface area contributed by atoms with Crippen LogP contribution in [0.25, 0.3) is 0 Å². The van der Waals surface area contributed by atoms with Crippen molar-refractivity contribution in [1.82, 2.24) is 0 Å². The maximum Gasteiger partial charge on any atom is 0.369 e. The van der Waals surface area contributed by atoms with Gasteiger partial charge in [0, 0.05) is 6.42 Å². The standard InChI is InChI=1S/C4H13NO7P2.2H2O/c5-3-1-2-4(6,13(7,8)9)14(10,11)12;;/h6H,1-3,5H2,(H2,7,8,9)(H2,10,11,12);2*1H2. The quantitative estimate of drug-likeness (QED) is 0.286. The second-order valence-electron chi connectivity index (χ2n) is 2.75. The third kappa shape index (κ3) is 4.56. The van der Waals surface area contributed by atoms with Crippen LogP contribution in [0.5, 0.6) is 0 Å². The summed E-state index contributed by atoms with van der Waals surface area (Å²) in [6.45, 7) is -0.0394. The van der Waals surface area contributed by atoms with Gasteiger partial charge >= 0.3 is 15.2 Å². The lowest BCUT2D eigenvalue weighted by atomic mass is 10.3.